The number of amides is 2. The molecule has 2 aliphatic rings. The second-order valence-electron chi connectivity index (χ2n) is 7.43. The van der Waals surface area contributed by atoms with Crippen molar-refractivity contribution in [3.05, 3.63) is 52.7 Å². The van der Waals surface area contributed by atoms with E-state index in [0.717, 1.165) is 10.6 Å². The van der Waals surface area contributed by atoms with Crippen LogP contribution in [-0.4, -0.2) is 56.1 Å². The highest BCUT2D eigenvalue weighted by molar-refractivity contribution is 7.09. The van der Waals surface area contributed by atoms with E-state index >= 15 is 0 Å². The van der Waals surface area contributed by atoms with E-state index in [4.69, 9.17) is 4.74 Å². The van der Waals surface area contributed by atoms with Gasteiger partial charge < -0.3 is 10.1 Å². The van der Waals surface area contributed by atoms with Gasteiger partial charge in [-0.2, -0.15) is 0 Å². The maximum atomic E-state index is 13.1. The third kappa shape index (κ3) is 4.35. The molecule has 0 spiro atoms. The number of carbonyl (C=O) groups is 2. The van der Waals surface area contributed by atoms with Crippen molar-refractivity contribution >= 4 is 28.8 Å². The highest BCUT2D eigenvalue weighted by Crippen LogP contribution is 2.31. The second-order valence-corrected chi connectivity index (χ2v) is 8.46. The van der Waals surface area contributed by atoms with Crippen molar-refractivity contribution in [1.29, 1.82) is 0 Å². The number of rotatable bonds is 7. The standard InChI is InChI=1S/C21H26N4O3S/c1-28-10-9-24-13-17(20(26)22-12-16-8-5-11-29-16)19-18(14-24)21(27)25(23-19)15-6-3-2-4-7-15/h2-8,11,17-19,23H,9-10,12-14H2,1H3,(H,22,26). The summed E-state index contributed by atoms with van der Waals surface area (Å²) in [5.74, 6) is -0.591. The van der Waals surface area contributed by atoms with Gasteiger partial charge in [0.25, 0.3) is 0 Å². The first-order valence-corrected chi connectivity index (χ1v) is 10.7. The minimum absolute atomic E-state index is 0.0133. The lowest BCUT2D eigenvalue weighted by atomic mass is 9.84. The third-order valence-electron chi connectivity index (χ3n) is 5.57. The van der Waals surface area contributed by atoms with Crippen molar-refractivity contribution < 1.29 is 14.3 Å². The largest absolute Gasteiger partial charge is 0.383 e. The summed E-state index contributed by atoms with van der Waals surface area (Å²) in [5, 5.41) is 6.66. The Morgan fingerprint density at radius 1 is 1.24 bits per heavy atom. The summed E-state index contributed by atoms with van der Waals surface area (Å²) in [6.45, 7) is 3.01. The Morgan fingerprint density at radius 2 is 2.07 bits per heavy atom. The molecular formula is C21H26N4O3S. The first-order valence-electron chi connectivity index (χ1n) is 9.84. The zero-order valence-electron chi connectivity index (χ0n) is 16.4. The van der Waals surface area contributed by atoms with Gasteiger partial charge in [-0.05, 0) is 23.6 Å². The van der Waals surface area contributed by atoms with E-state index in [1.807, 2.05) is 47.8 Å². The highest BCUT2D eigenvalue weighted by Gasteiger charge is 2.50. The summed E-state index contributed by atoms with van der Waals surface area (Å²) in [4.78, 5) is 29.5. The fraction of sp³-hybridized carbons (Fsp3) is 0.429. The maximum Gasteiger partial charge on any atom is 0.247 e. The van der Waals surface area contributed by atoms with E-state index in [-0.39, 0.29) is 29.7 Å². The molecule has 7 nitrogen and oxygen atoms in total. The number of methoxy groups -OCH3 is 1. The fourth-order valence-corrected chi connectivity index (χ4v) is 4.72. The zero-order valence-corrected chi connectivity index (χ0v) is 17.2. The van der Waals surface area contributed by atoms with Crippen molar-refractivity contribution in [3.63, 3.8) is 0 Å². The maximum absolute atomic E-state index is 13.1. The summed E-state index contributed by atoms with van der Waals surface area (Å²) >= 11 is 1.62. The summed E-state index contributed by atoms with van der Waals surface area (Å²) in [6, 6.07) is 13.3. The summed E-state index contributed by atoms with van der Waals surface area (Å²) < 4.78 is 5.21. The number of thiophene rings is 1. The van der Waals surface area contributed by atoms with Crippen LogP contribution in [0.25, 0.3) is 0 Å². The van der Waals surface area contributed by atoms with Gasteiger partial charge in [-0.25, -0.2) is 10.4 Å². The minimum Gasteiger partial charge on any atom is -0.383 e. The van der Waals surface area contributed by atoms with Crippen LogP contribution in [0.3, 0.4) is 0 Å². The molecule has 0 radical (unpaired) electrons. The number of nitrogens with zero attached hydrogens (tertiary/aromatic N) is 2. The monoisotopic (exact) mass is 414 g/mol. The Hall–Kier alpha value is -2.26. The molecule has 1 aromatic heterocycles. The average molecular weight is 415 g/mol. The number of piperidine rings is 1. The number of ether oxygens (including phenoxy) is 1. The van der Waals surface area contributed by atoms with Gasteiger partial charge in [0.1, 0.15) is 0 Å². The van der Waals surface area contributed by atoms with Gasteiger partial charge in [-0.3, -0.25) is 14.5 Å². The molecule has 2 N–H and O–H groups in total. The van der Waals surface area contributed by atoms with Gasteiger partial charge >= 0.3 is 0 Å². The molecule has 8 heteroatoms. The summed E-state index contributed by atoms with van der Waals surface area (Å²) in [5.41, 5.74) is 4.13. The number of para-hydroxylation sites is 1. The lowest BCUT2D eigenvalue weighted by molar-refractivity contribution is -0.130. The Kier molecular flexibility index (Phi) is 6.25. The average Bonchev–Trinajstić information content (AvgIpc) is 3.39. The van der Waals surface area contributed by atoms with Crippen LogP contribution in [-0.2, 0) is 20.9 Å². The number of likely N-dealkylation sites (tertiary alicyclic amines) is 1. The van der Waals surface area contributed by atoms with Gasteiger partial charge in [-0.15, -0.1) is 11.3 Å². The Labute approximate surface area is 174 Å². The van der Waals surface area contributed by atoms with E-state index in [9.17, 15) is 9.59 Å². The normalized spacial score (nSPS) is 24.5. The van der Waals surface area contributed by atoms with Crippen LogP contribution in [0.15, 0.2) is 47.8 Å². The number of hydrogen-bond acceptors (Lipinski definition) is 6. The van der Waals surface area contributed by atoms with Crippen molar-refractivity contribution in [2.75, 3.05) is 38.4 Å². The number of carbonyl (C=O) groups excluding carboxylic acids is 2. The summed E-state index contributed by atoms with van der Waals surface area (Å²) in [6.07, 6.45) is 0. The SMILES string of the molecule is COCCN1CC(C(=O)NCc2cccs2)C2NN(c3ccccc3)C(=O)C2C1. The van der Waals surface area contributed by atoms with Crippen LogP contribution >= 0.6 is 11.3 Å². The molecule has 154 valence electrons. The molecule has 2 fully saturated rings. The van der Waals surface area contributed by atoms with Crippen LogP contribution in [0, 0.1) is 11.8 Å². The molecule has 2 saturated heterocycles. The Bertz CT molecular complexity index is 830. The lowest BCUT2D eigenvalue weighted by Gasteiger charge is -2.38. The molecule has 2 amide bonds. The molecule has 2 aromatic rings. The molecule has 29 heavy (non-hydrogen) atoms. The zero-order chi connectivity index (χ0) is 20.2. The molecule has 3 heterocycles. The van der Waals surface area contributed by atoms with Crippen LogP contribution < -0.4 is 15.8 Å². The van der Waals surface area contributed by atoms with Gasteiger partial charge in [0, 0.05) is 31.6 Å². The van der Waals surface area contributed by atoms with Crippen molar-refractivity contribution in [3.8, 4) is 0 Å². The van der Waals surface area contributed by atoms with Gasteiger partial charge in [0.15, 0.2) is 0 Å². The van der Waals surface area contributed by atoms with Crippen molar-refractivity contribution in [2.24, 2.45) is 11.8 Å². The third-order valence-corrected chi connectivity index (χ3v) is 6.45. The van der Waals surface area contributed by atoms with Gasteiger partial charge in [-0.1, -0.05) is 24.3 Å². The minimum atomic E-state index is -0.316. The molecule has 4 rings (SSSR count). The smallest absolute Gasteiger partial charge is 0.247 e. The van der Waals surface area contributed by atoms with E-state index in [2.05, 4.69) is 15.6 Å². The number of hydrazine groups is 1. The van der Waals surface area contributed by atoms with Crippen LogP contribution in [0.5, 0.6) is 0 Å². The molecular weight excluding hydrogens is 388 g/mol. The number of hydrogen-bond donors (Lipinski definition) is 2. The molecule has 2 aliphatic heterocycles. The quantitative estimate of drug-likeness (QED) is 0.718. The summed E-state index contributed by atoms with van der Waals surface area (Å²) in [7, 11) is 1.66. The number of benzene rings is 1. The van der Waals surface area contributed by atoms with Crippen molar-refractivity contribution in [2.45, 2.75) is 12.6 Å². The van der Waals surface area contributed by atoms with Crippen LogP contribution in [0.4, 0.5) is 5.69 Å². The fourth-order valence-electron chi connectivity index (χ4n) is 4.07. The lowest BCUT2D eigenvalue weighted by Crippen LogP contribution is -2.57. The topological polar surface area (TPSA) is 73.9 Å². The molecule has 0 saturated carbocycles. The first kappa shape index (κ1) is 20.0. The second kappa shape index (κ2) is 9.04. The highest BCUT2D eigenvalue weighted by atomic mass is 32.1. The molecule has 0 aliphatic carbocycles. The van der Waals surface area contributed by atoms with Gasteiger partial charge in [0.2, 0.25) is 11.8 Å². The molecule has 0 bridgehead atoms. The predicted octanol–water partition coefficient (Wildman–Crippen LogP) is 1.48. The first-order chi connectivity index (χ1) is 14.2. The molecule has 1 aromatic carbocycles. The van der Waals surface area contributed by atoms with E-state index in [0.29, 0.717) is 32.8 Å². The predicted molar refractivity (Wildman–Crippen MR) is 112 cm³/mol. The van der Waals surface area contributed by atoms with E-state index in [1.54, 1.807) is 23.5 Å². The van der Waals surface area contributed by atoms with E-state index in [1.165, 1.54) is 0 Å². The number of anilines is 1. The van der Waals surface area contributed by atoms with Crippen LogP contribution in [0.2, 0.25) is 0 Å². The number of nitrogens with one attached hydrogen (secondary N) is 2. The Morgan fingerprint density at radius 3 is 2.79 bits per heavy atom. The van der Waals surface area contributed by atoms with Gasteiger partial charge in [0.05, 0.1) is 36.7 Å². The molecule has 3 atom stereocenters. The Balaban J connectivity index is 1.52. The van der Waals surface area contributed by atoms with Crippen molar-refractivity contribution in [1.82, 2.24) is 15.6 Å². The van der Waals surface area contributed by atoms with E-state index < -0.39 is 0 Å². The van der Waals surface area contributed by atoms with Crippen LogP contribution in [0.1, 0.15) is 4.88 Å². The molecule has 3 unspecified atom stereocenters. The number of fused-ring (bicyclic) bond motifs is 1.